The molecule has 0 saturated carbocycles. The molecule has 0 unspecified atom stereocenters. The van der Waals surface area contributed by atoms with Crippen molar-refractivity contribution in [3.63, 3.8) is 0 Å². The number of benzene rings is 4. The maximum atomic E-state index is 6.29. The summed E-state index contributed by atoms with van der Waals surface area (Å²) in [6.07, 6.45) is 0. The Kier molecular flexibility index (Phi) is 3.86. The van der Waals surface area contributed by atoms with Gasteiger partial charge < -0.3 is 4.74 Å². The predicted octanol–water partition coefficient (Wildman–Crippen LogP) is 8.01. The lowest BCUT2D eigenvalue weighted by Crippen LogP contribution is -2.21. The van der Waals surface area contributed by atoms with Gasteiger partial charge in [0.05, 0.1) is 5.41 Å². The highest BCUT2D eigenvalue weighted by atomic mass is 35.5. The number of halogens is 2. The molecule has 0 N–H and O–H groups in total. The Labute approximate surface area is 185 Å². The van der Waals surface area contributed by atoms with Gasteiger partial charge in [-0.3, -0.25) is 0 Å². The van der Waals surface area contributed by atoms with Crippen LogP contribution in [0.1, 0.15) is 22.3 Å². The number of ether oxygens (including phenoxy) is 1. The number of rotatable bonds is 2. The normalized spacial score (nSPS) is 15.4. The fraction of sp³-hybridized carbons (Fsp3) is 0.0370. The highest BCUT2D eigenvalue weighted by Gasteiger charge is 2.60. The fourth-order valence-electron chi connectivity index (χ4n) is 4.77. The average Bonchev–Trinajstić information content (AvgIpc) is 3.45. The zero-order valence-electron chi connectivity index (χ0n) is 15.9. The lowest BCUT2D eigenvalue weighted by molar-refractivity contribution is 0.450. The summed E-state index contributed by atoms with van der Waals surface area (Å²) in [5.74, 6) is 1.79. The topological polar surface area (TPSA) is 9.23 Å². The lowest BCUT2D eigenvalue weighted by Gasteiger charge is -2.31. The van der Waals surface area contributed by atoms with E-state index in [1.165, 1.54) is 22.3 Å². The Morgan fingerprint density at radius 3 is 1.33 bits per heavy atom. The Hall–Kier alpha value is -3.00. The zero-order chi connectivity index (χ0) is 20.3. The standard InChI is InChI=1S/C27H16Cl2O/c28-19-13-9-17(10-14-19)25-26(18-11-15-20(29)16-12-18)27(25)21-5-1-3-7-23(21)30-24-8-4-2-6-22(24)27/h1-16H. The third-order valence-corrected chi connectivity index (χ3v) is 6.51. The van der Waals surface area contributed by atoms with E-state index in [1.54, 1.807) is 0 Å². The van der Waals surface area contributed by atoms with Crippen LogP contribution in [0, 0.1) is 0 Å². The van der Waals surface area contributed by atoms with E-state index in [0.29, 0.717) is 0 Å². The maximum Gasteiger partial charge on any atom is 0.132 e. The van der Waals surface area contributed by atoms with Gasteiger partial charge >= 0.3 is 0 Å². The summed E-state index contributed by atoms with van der Waals surface area (Å²) >= 11 is 12.4. The van der Waals surface area contributed by atoms with Crippen LogP contribution in [0.25, 0.3) is 11.1 Å². The Bertz CT molecular complexity index is 1210. The van der Waals surface area contributed by atoms with Crippen LogP contribution in [0.5, 0.6) is 11.5 Å². The van der Waals surface area contributed by atoms with Gasteiger partial charge in [0.15, 0.2) is 0 Å². The lowest BCUT2D eigenvalue weighted by atomic mass is 9.76. The van der Waals surface area contributed by atoms with E-state index in [2.05, 4.69) is 48.5 Å². The van der Waals surface area contributed by atoms with Crippen LogP contribution in [-0.4, -0.2) is 0 Å². The largest absolute Gasteiger partial charge is 0.457 e. The van der Waals surface area contributed by atoms with E-state index >= 15 is 0 Å². The van der Waals surface area contributed by atoms with Crippen LogP contribution in [-0.2, 0) is 5.41 Å². The van der Waals surface area contributed by atoms with Gasteiger partial charge in [0.1, 0.15) is 11.5 Å². The minimum atomic E-state index is -0.354. The van der Waals surface area contributed by atoms with Gasteiger partial charge in [0.2, 0.25) is 0 Å². The molecule has 0 bridgehead atoms. The molecule has 0 radical (unpaired) electrons. The van der Waals surface area contributed by atoms with E-state index in [0.717, 1.165) is 32.7 Å². The summed E-state index contributed by atoms with van der Waals surface area (Å²) in [4.78, 5) is 0. The molecule has 6 rings (SSSR count). The van der Waals surface area contributed by atoms with Crippen LogP contribution >= 0.6 is 23.2 Å². The number of hydrogen-bond donors (Lipinski definition) is 0. The molecule has 2 aliphatic rings. The Morgan fingerprint density at radius 1 is 0.500 bits per heavy atom. The van der Waals surface area contributed by atoms with Crippen molar-refractivity contribution in [3.8, 4) is 11.5 Å². The van der Waals surface area contributed by atoms with Crippen molar-refractivity contribution in [2.24, 2.45) is 0 Å². The van der Waals surface area contributed by atoms with Crippen molar-refractivity contribution in [1.29, 1.82) is 0 Å². The summed E-state index contributed by atoms with van der Waals surface area (Å²) in [6, 6.07) is 32.8. The van der Waals surface area contributed by atoms with E-state index in [-0.39, 0.29) is 5.41 Å². The molecular formula is C27H16Cl2O. The van der Waals surface area contributed by atoms with Crippen molar-refractivity contribution in [1.82, 2.24) is 0 Å². The summed E-state index contributed by atoms with van der Waals surface area (Å²) < 4.78 is 6.29. The Balaban J connectivity index is 1.67. The fourth-order valence-corrected chi connectivity index (χ4v) is 5.02. The van der Waals surface area contributed by atoms with E-state index in [9.17, 15) is 0 Å². The Morgan fingerprint density at radius 2 is 0.900 bits per heavy atom. The summed E-state index contributed by atoms with van der Waals surface area (Å²) in [6.45, 7) is 0. The minimum Gasteiger partial charge on any atom is -0.457 e. The van der Waals surface area contributed by atoms with Crippen LogP contribution in [0.2, 0.25) is 10.0 Å². The second kappa shape index (κ2) is 6.50. The molecule has 0 saturated heterocycles. The van der Waals surface area contributed by atoms with Crippen LogP contribution in [0.15, 0.2) is 97.1 Å². The van der Waals surface area contributed by atoms with Gasteiger partial charge in [-0.2, -0.15) is 0 Å². The average molecular weight is 427 g/mol. The number of hydrogen-bond acceptors (Lipinski definition) is 1. The number of allylic oxidation sites excluding steroid dienone is 2. The van der Waals surface area contributed by atoms with Gasteiger partial charge in [-0.25, -0.2) is 0 Å². The molecule has 30 heavy (non-hydrogen) atoms. The molecule has 1 aliphatic carbocycles. The summed E-state index contributed by atoms with van der Waals surface area (Å²) in [5, 5.41) is 1.46. The molecule has 1 heterocycles. The SMILES string of the molecule is Clc1ccc(C2=C(c3ccc(Cl)cc3)C23c2ccccc2Oc2ccccc23)cc1. The van der Waals surface area contributed by atoms with Crippen molar-refractivity contribution in [2.45, 2.75) is 5.41 Å². The van der Waals surface area contributed by atoms with E-state index < -0.39 is 0 Å². The quantitative estimate of drug-likeness (QED) is 0.315. The smallest absolute Gasteiger partial charge is 0.132 e. The monoisotopic (exact) mass is 426 g/mol. The highest BCUT2D eigenvalue weighted by Crippen LogP contribution is 2.72. The maximum absolute atomic E-state index is 6.29. The summed E-state index contributed by atoms with van der Waals surface area (Å²) in [7, 11) is 0. The van der Waals surface area contributed by atoms with E-state index in [4.69, 9.17) is 27.9 Å². The third-order valence-electron chi connectivity index (χ3n) is 6.01. The van der Waals surface area contributed by atoms with Gasteiger partial charge in [-0.1, -0.05) is 83.9 Å². The molecule has 4 aromatic rings. The van der Waals surface area contributed by atoms with E-state index in [1.807, 2.05) is 48.5 Å². The minimum absolute atomic E-state index is 0.354. The molecule has 3 heteroatoms. The van der Waals surface area contributed by atoms with Gasteiger partial charge in [-0.15, -0.1) is 0 Å². The first kappa shape index (κ1) is 17.8. The molecule has 1 nitrogen and oxygen atoms in total. The summed E-state index contributed by atoms with van der Waals surface area (Å²) in [5.41, 5.74) is 6.87. The molecule has 0 amide bonds. The molecule has 4 aromatic carbocycles. The van der Waals surface area contributed by atoms with Crippen molar-refractivity contribution < 1.29 is 4.74 Å². The number of fused-ring (bicyclic) bond motifs is 4. The molecule has 0 atom stereocenters. The molecule has 1 spiro atoms. The molecule has 0 fully saturated rings. The first-order valence-electron chi connectivity index (χ1n) is 9.83. The molecule has 1 aliphatic heterocycles. The first-order chi connectivity index (χ1) is 14.7. The van der Waals surface area contributed by atoms with Crippen LogP contribution < -0.4 is 4.74 Å². The molecule has 144 valence electrons. The van der Waals surface area contributed by atoms with Crippen LogP contribution in [0.4, 0.5) is 0 Å². The number of para-hydroxylation sites is 2. The predicted molar refractivity (Wildman–Crippen MR) is 123 cm³/mol. The second-order valence-electron chi connectivity index (χ2n) is 7.61. The second-order valence-corrected chi connectivity index (χ2v) is 8.48. The van der Waals surface area contributed by atoms with Gasteiger partial charge in [0.25, 0.3) is 0 Å². The van der Waals surface area contributed by atoms with Gasteiger partial charge in [0, 0.05) is 21.2 Å². The third kappa shape index (κ3) is 2.43. The van der Waals surface area contributed by atoms with Crippen molar-refractivity contribution in [2.75, 3.05) is 0 Å². The zero-order valence-corrected chi connectivity index (χ0v) is 17.4. The molecular weight excluding hydrogens is 411 g/mol. The van der Waals surface area contributed by atoms with Crippen molar-refractivity contribution in [3.05, 3.63) is 129 Å². The first-order valence-corrected chi connectivity index (χ1v) is 10.6. The van der Waals surface area contributed by atoms with Gasteiger partial charge in [-0.05, 0) is 58.7 Å². The highest BCUT2D eigenvalue weighted by molar-refractivity contribution is 6.31. The van der Waals surface area contributed by atoms with Crippen LogP contribution in [0.3, 0.4) is 0 Å². The molecule has 0 aromatic heterocycles. The van der Waals surface area contributed by atoms with Crippen molar-refractivity contribution >= 4 is 34.3 Å².